The summed E-state index contributed by atoms with van der Waals surface area (Å²) in [6.07, 6.45) is 0. The summed E-state index contributed by atoms with van der Waals surface area (Å²) in [6.45, 7) is 6.31. The van der Waals surface area contributed by atoms with Gasteiger partial charge in [0.15, 0.2) is 0 Å². The van der Waals surface area contributed by atoms with Crippen LogP contribution in [0.1, 0.15) is 29.8 Å². The molecule has 0 spiro atoms. The lowest BCUT2D eigenvalue weighted by molar-refractivity contribution is 0.0697. The van der Waals surface area contributed by atoms with Crippen LogP contribution >= 0.6 is 0 Å². The number of benzene rings is 1. The van der Waals surface area contributed by atoms with Crippen LogP contribution in [0.4, 0.5) is 5.69 Å². The lowest BCUT2D eigenvalue weighted by Gasteiger charge is -2.29. The maximum Gasteiger partial charge on any atom is 0.337 e. The first-order valence-corrected chi connectivity index (χ1v) is 5.68. The number of carboxylic acids is 1. The second kappa shape index (κ2) is 5.68. The number of aromatic carboxylic acids is 1. The van der Waals surface area contributed by atoms with Crippen molar-refractivity contribution in [3.8, 4) is 0 Å². The molecule has 4 nitrogen and oxygen atoms in total. The average molecular weight is 237 g/mol. The summed E-state index contributed by atoms with van der Waals surface area (Å²) in [6, 6.07) is 5.38. The van der Waals surface area contributed by atoms with Crippen molar-refractivity contribution in [2.24, 2.45) is 0 Å². The second-order valence-corrected chi connectivity index (χ2v) is 4.34. The molecule has 17 heavy (non-hydrogen) atoms. The number of rotatable bonds is 5. The highest BCUT2D eigenvalue weighted by molar-refractivity contribution is 5.94. The molecule has 1 aromatic rings. The normalized spacial score (nSPS) is 10.6. The lowest BCUT2D eigenvalue weighted by atomic mass is 10.1. The molecular formula is C13H19NO3. The van der Waals surface area contributed by atoms with Gasteiger partial charge in [0.25, 0.3) is 0 Å². The molecule has 0 unspecified atom stereocenters. The van der Waals surface area contributed by atoms with Gasteiger partial charge in [0.1, 0.15) is 0 Å². The number of hydrogen-bond acceptors (Lipinski definition) is 3. The van der Waals surface area contributed by atoms with Crippen molar-refractivity contribution in [2.45, 2.75) is 26.8 Å². The van der Waals surface area contributed by atoms with E-state index < -0.39 is 5.97 Å². The second-order valence-electron chi connectivity index (χ2n) is 4.34. The van der Waals surface area contributed by atoms with E-state index in [1.807, 2.05) is 31.7 Å². The van der Waals surface area contributed by atoms with Crippen LogP contribution in [0, 0.1) is 6.92 Å². The number of nitrogens with zero attached hydrogens (tertiary/aromatic N) is 1. The van der Waals surface area contributed by atoms with Gasteiger partial charge in [0.2, 0.25) is 0 Å². The summed E-state index contributed by atoms with van der Waals surface area (Å²) in [5.74, 6) is -0.941. The van der Waals surface area contributed by atoms with Gasteiger partial charge in [-0.05, 0) is 38.5 Å². The molecule has 1 rings (SSSR count). The van der Waals surface area contributed by atoms with Crippen LogP contribution in [0.5, 0.6) is 0 Å². The number of hydrogen-bond donors (Lipinski definition) is 2. The summed E-state index contributed by atoms with van der Waals surface area (Å²) in [7, 11) is 0. The van der Waals surface area contributed by atoms with Gasteiger partial charge in [-0.2, -0.15) is 0 Å². The van der Waals surface area contributed by atoms with Crippen LogP contribution in [0.15, 0.2) is 18.2 Å². The maximum absolute atomic E-state index is 11.2. The van der Waals surface area contributed by atoms with Gasteiger partial charge in [0.05, 0.1) is 17.9 Å². The molecule has 0 saturated carbocycles. The standard InChI is InChI=1S/C13H19NO3/c1-9(2)14(6-7-15)12-8-10(3)4-5-11(12)13(16)17/h4-5,8-9,15H,6-7H2,1-3H3,(H,16,17). The van der Waals surface area contributed by atoms with Gasteiger partial charge in [-0.25, -0.2) is 4.79 Å². The third kappa shape index (κ3) is 3.20. The minimum absolute atomic E-state index is 0.00514. The predicted octanol–water partition coefficient (Wildman–Crippen LogP) is 1.90. The first-order valence-electron chi connectivity index (χ1n) is 5.68. The van der Waals surface area contributed by atoms with Crippen LogP contribution in [0.2, 0.25) is 0 Å². The van der Waals surface area contributed by atoms with E-state index in [0.29, 0.717) is 12.2 Å². The molecular weight excluding hydrogens is 218 g/mol. The largest absolute Gasteiger partial charge is 0.478 e. The Balaban J connectivity index is 3.24. The Morgan fingerprint density at radius 2 is 2.06 bits per heavy atom. The fourth-order valence-corrected chi connectivity index (χ4v) is 1.82. The Morgan fingerprint density at radius 3 is 2.53 bits per heavy atom. The van der Waals surface area contributed by atoms with E-state index >= 15 is 0 Å². The molecule has 94 valence electrons. The number of anilines is 1. The van der Waals surface area contributed by atoms with Crippen molar-refractivity contribution in [1.82, 2.24) is 0 Å². The quantitative estimate of drug-likeness (QED) is 0.821. The van der Waals surface area contributed by atoms with Gasteiger partial charge >= 0.3 is 5.97 Å². The molecule has 2 N–H and O–H groups in total. The Morgan fingerprint density at radius 1 is 1.41 bits per heavy atom. The van der Waals surface area contributed by atoms with E-state index in [2.05, 4.69) is 0 Å². The number of aryl methyl sites for hydroxylation is 1. The summed E-state index contributed by atoms with van der Waals surface area (Å²) >= 11 is 0. The molecule has 0 aliphatic heterocycles. The monoisotopic (exact) mass is 237 g/mol. The number of aliphatic hydroxyl groups excluding tert-OH is 1. The zero-order valence-corrected chi connectivity index (χ0v) is 10.5. The molecule has 0 radical (unpaired) electrons. The van der Waals surface area contributed by atoms with Crippen molar-refractivity contribution < 1.29 is 15.0 Å². The highest BCUT2D eigenvalue weighted by atomic mass is 16.4. The molecule has 0 saturated heterocycles. The highest BCUT2D eigenvalue weighted by Gasteiger charge is 2.17. The first-order chi connectivity index (χ1) is 7.97. The van der Waals surface area contributed by atoms with Crippen LogP contribution in [-0.4, -0.2) is 35.4 Å². The summed E-state index contributed by atoms with van der Waals surface area (Å²) in [4.78, 5) is 13.1. The van der Waals surface area contributed by atoms with E-state index in [0.717, 1.165) is 5.56 Å². The highest BCUT2D eigenvalue weighted by Crippen LogP contribution is 2.24. The van der Waals surface area contributed by atoms with Crippen molar-refractivity contribution in [3.63, 3.8) is 0 Å². The van der Waals surface area contributed by atoms with Crippen molar-refractivity contribution in [2.75, 3.05) is 18.1 Å². The van der Waals surface area contributed by atoms with Crippen LogP contribution in [0.25, 0.3) is 0 Å². The van der Waals surface area contributed by atoms with Crippen LogP contribution < -0.4 is 4.90 Å². The van der Waals surface area contributed by atoms with Crippen molar-refractivity contribution in [1.29, 1.82) is 0 Å². The van der Waals surface area contributed by atoms with E-state index in [4.69, 9.17) is 10.2 Å². The molecule has 0 fully saturated rings. The molecule has 0 aliphatic rings. The van der Waals surface area contributed by atoms with Gasteiger partial charge in [-0.1, -0.05) is 6.07 Å². The maximum atomic E-state index is 11.2. The Kier molecular flexibility index (Phi) is 4.52. The molecule has 1 aromatic carbocycles. The fourth-order valence-electron chi connectivity index (χ4n) is 1.82. The Hall–Kier alpha value is -1.55. The zero-order chi connectivity index (χ0) is 13.0. The number of aliphatic hydroxyl groups is 1. The average Bonchev–Trinajstić information content (AvgIpc) is 2.24. The molecule has 0 aromatic heterocycles. The van der Waals surface area contributed by atoms with Crippen LogP contribution in [0.3, 0.4) is 0 Å². The minimum atomic E-state index is -0.941. The molecule has 0 amide bonds. The fraction of sp³-hybridized carbons (Fsp3) is 0.462. The van der Waals surface area contributed by atoms with Gasteiger partial charge < -0.3 is 15.1 Å². The van der Waals surface area contributed by atoms with Gasteiger partial charge in [-0.3, -0.25) is 0 Å². The summed E-state index contributed by atoms with van der Waals surface area (Å²) < 4.78 is 0. The molecule has 0 atom stereocenters. The number of carboxylic acid groups (broad SMARTS) is 1. The van der Waals surface area contributed by atoms with Gasteiger partial charge in [-0.15, -0.1) is 0 Å². The Bertz CT molecular complexity index is 402. The summed E-state index contributed by atoms with van der Waals surface area (Å²) in [5, 5.41) is 18.2. The van der Waals surface area contributed by atoms with E-state index in [1.165, 1.54) is 0 Å². The first kappa shape index (κ1) is 13.5. The van der Waals surface area contributed by atoms with Crippen molar-refractivity contribution in [3.05, 3.63) is 29.3 Å². The lowest BCUT2D eigenvalue weighted by Crippen LogP contribution is -2.34. The van der Waals surface area contributed by atoms with Crippen molar-refractivity contribution >= 4 is 11.7 Å². The van der Waals surface area contributed by atoms with E-state index in [1.54, 1.807) is 12.1 Å². The topological polar surface area (TPSA) is 60.8 Å². The molecule has 0 heterocycles. The van der Waals surface area contributed by atoms with E-state index in [9.17, 15) is 4.79 Å². The van der Waals surface area contributed by atoms with Crippen LogP contribution in [-0.2, 0) is 0 Å². The van der Waals surface area contributed by atoms with Gasteiger partial charge in [0, 0.05) is 12.6 Å². The minimum Gasteiger partial charge on any atom is -0.478 e. The third-order valence-electron chi connectivity index (χ3n) is 2.66. The SMILES string of the molecule is Cc1ccc(C(=O)O)c(N(CCO)C(C)C)c1. The smallest absolute Gasteiger partial charge is 0.337 e. The molecule has 4 heteroatoms. The molecule has 0 aliphatic carbocycles. The molecule has 0 bridgehead atoms. The third-order valence-corrected chi connectivity index (χ3v) is 2.66. The summed E-state index contributed by atoms with van der Waals surface area (Å²) in [5.41, 5.74) is 1.95. The number of carbonyl (C=O) groups is 1. The Labute approximate surface area is 101 Å². The predicted molar refractivity (Wildman–Crippen MR) is 67.7 cm³/mol. The van der Waals surface area contributed by atoms with E-state index in [-0.39, 0.29) is 18.2 Å². The zero-order valence-electron chi connectivity index (χ0n) is 10.5.